The minimum absolute atomic E-state index is 0.163. The van der Waals surface area contributed by atoms with Crippen molar-refractivity contribution in [2.45, 2.75) is 39.2 Å². The highest BCUT2D eigenvalue weighted by Gasteiger charge is 2.12. The summed E-state index contributed by atoms with van der Waals surface area (Å²) in [7, 11) is 0. The zero-order valence-corrected chi connectivity index (χ0v) is 12.3. The topological polar surface area (TPSA) is 39.1 Å². The number of fused-ring (bicyclic) bond motifs is 1. The van der Waals surface area contributed by atoms with E-state index in [4.69, 9.17) is 11.6 Å². The summed E-state index contributed by atoms with van der Waals surface area (Å²) in [5.74, 6) is 0. The largest absolute Gasteiger partial charge is 0.308 e. The second kappa shape index (κ2) is 6.71. The third kappa shape index (κ3) is 3.10. The van der Waals surface area contributed by atoms with Gasteiger partial charge in [0.2, 0.25) is 0 Å². The molecule has 0 aliphatic heterocycles. The van der Waals surface area contributed by atoms with Crippen LogP contribution in [0.15, 0.2) is 35.1 Å². The van der Waals surface area contributed by atoms with Gasteiger partial charge in [0.15, 0.2) is 0 Å². The van der Waals surface area contributed by atoms with E-state index in [9.17, 15) is 9.59 Å². The van der Waals surface area contributed by atoms with Crippen LogP contribution in [0.3, 0.4) is 0 Å². The van der Waals surface area contributed by atoms with Crippen molar-refractivity contribution in [3.05, 3.63) is 46.2 Å². The van der Waals surface area contributed by atoms with E-state index in [1.807, 2.05) is 24.3 Å². The zero-order chi connectivity index (χ0) is 14.5. The maximum atomic E-state index is 12.2. The van der Waals surface area contributed by atoms with Crippen LogP contribution >= 0.6 is 11.6 Å². The van der Waals surface area contributed by atoms with Crippen molar-refractivity contribution in [3.63, 3.8) is 0 Å². The molecule has 20 heavy (non-hydrogen) atoms. The number of para-hydroxylation sites is 1. The van der Waals surface area contributed by atoms with Crippen LogP contribution in [0.4, 0.5) is 0 Å². The van der Waals surface area contributed by atoms with Gasteiger partial charge < -0.3 is 4.57 Å². The molecule has 0 radical (unpaired) electrons. The summed E-state index contributed by atoms with van der Waals surface area (Å²) >= 11 is 5.56. The Kier molecular flexibility index (Phi) is 4.96. The molecular formula is C16H18ClNO2. The standard InChI is InChI=1S/C16H18ClNO2/c1-2-3-4-7-10-18-14-9-6-5-8-12(14)13(16(17)20)11-15(18)19/h5-6,8-9,11H,2-4,7,10H2,1H3. The average Bonchev–Trinajstić information content (AvgIpc) is 2.44. The number of halogens is 1. The molecule has 0 spiro atoms. The molecule has 106 valence electrons. The second-order valence-electron chi connectivity index (χ2n) is 4.90. The Bertz CT molecular complexity index is 676. The highest BCUT2D eigenvalue weighted by atomic mass is 35.5. The molecule has 0 N–H and O–H groups in total. The van der Waals surface area contributed by atoms with Crippen molar-refractivity contribution in [2.75, 3.05) is 0 Å². The molecule has 0 amide bonds. The van der Waals surface area contributed by atoms with Crippen LogP contribution < -0.4 is 5.56 Å². The van der Waals surface area contributed by atoms with Crippen molar-refractivity contribution < 1.29 is 4.79 Å². The molecule has 1 aromatic heterocycles. The van der Waals surface area contributed by atoms with E-state index in [1.165, 1.54) is 12.5 Å². The Morgan fingerprint density at radius 1 is 1.20 bits per heavy atom. The molecule has 0 unspecified atom stereocenters. The van der Waals surface area contributed by atoms with Crippen molar-refractivity contribution in [1.29, 1.82) is 0 Å². The fourth-order valence-corrected chi connectivity index (χ4v) is 2.58. The van der Waals surface area contributed by atoms with Gasteiger partial charge in [-0.3, -0.25) is 9.59 Å². The third-order valence-electron chi connectivity index (χ3n) is 3.47. The number of hydrogen-bond donors (Lipinski definition) is 0. The second-order valence-corrected chi connectivity index (χ2v) is 5.24. The summed E-state index contributed by atoms with van der Waals surface area (Å²) in [6, 6.07) is 8.74. The van der Waals surface area contributed by atoms with Gasteiger partial charge >= 0.3 is 0 Å². The van der Waals surface area contributed by atoms with Crippen molar-refractivity contribution >= 4 is 27.7 Å². The number of aryl methyl sites for hydroxylation is 1. The van der Waals surface area contributed by atoms with Crippen molar-refractivity contribution in [3.8, 4) is 0 Å². The molecular weight excluding hydrogens is 274 g/mol. The molecule has 0 fully saturated rings. The van der Waals surface area contributed by atoms with Gasteiger partial charge in [0.1, 0.15) is 0 Å². The predicted octanol–water partition coefficient (Wildman–Crippen LogP) is 3.96. The van der Waals surface area contributed by atoms with Gasteiger partial charge in [-0.1, -0.05) is 44.4 Å². The molecule has 0 bridgehead atoms. The predicted molar refractivity (Wildman–Crippen MR) is 82.5 cm³/mol. The maximum absolute atomic E-state index is 12.2. The molecule has 3 nitrogen and oxygen atoms in total. The summed E-state index contributed by atoms with van der Waals surface area (Å²) in [4.78, 5) is 23.6. The number of aromatic nitrogens is 1. The Labute approximate surface area is 123 Å². The van der Waals surface area contributed by atoms with E-state index in [0.29, 0.717) is 6.54 Å². The SMILES string of the molecule is CCCCCCn1c(=O)cc(C(=O)Cl)c2ccccc21. The van der Waals surface area contributed by atoms with E-state index in [-0.39, 0.29) is 11.1 Å². The normalized spacial score (nSPS) is 10.9. The summed E-state index contributed by atoms with van der Waals surface area (Å²) < 4.78 is 1.73. The quantitative estimate of drug-likeness (QED) is 0.597. The van der Waals surface area contributed by atoms with Crippen molar-refractivity contribution in [1.82, 2.24) is 4.57 Å². The lowest BCUT2D eigenvalue weighted by molar-refractivity contribution is 0.108. The highest BCUT2D eigenvalue weighted by molar-refractivity contribution is 6.68. The van der Waals surface area contributed by atoms with Crippen LogP contribution in [-0.2, 0) is 6.54 Å². The monoisotopic (exact) mass is 291 g/mol. The third-order valence-corrected chi connectivity index (χ3v) is 3.67. The van der Waals surface area contributed by atoms with Gasteiger partial charge in [0.25, 0.3) is 10.8 Å². The number of nitrogens with zero attached hydrogens (tertiary/aromatic N) is 1. The summed E-state index contributed by atoms with van der Waals surface area (Å²) in [5.41, 5.74) is 0.904. The summed E-state index contributed by atoms with van der Waals surface area (Å²) in [5, 5.41) is 0.152. The van der Waals surface area contributed by atoms with Gasteiger partial charge in [-0.15, -0.1) is 0 Å². The zero-order valence-electron chi connectivity index (χ0n) is 11.6. The minimum Gasteiger partial charge on any atom is -0.308 e. The first-order chi connectivity index (χ1) is 9.65. The van der Waals surface area contributed by atoms with Crippen LogP contribution in [0.2, 0.25) is 0 Å². The number of benzene rings is 1. The number of unbranched alkanes of at least 4 members (excludes halogenated alkanes) is 3. The first kappa shape index (κ1) is 14.8. The maximum Gasteiger partial charge on any atom is 0.253 e. The van der Waals surface area contributed by atoms with Crippen LogP contribution in [0.25, 0.3) is 10.9 Å². The molecule has 0 aliphatic carbocycles. The van der Waals surface area contributed by atoms with Crippen LogP contribution in [0.5, 0.6) is 0 Å². The average molecular weight is 292 g/mol. The minimum atomic E-state index is -0.587. The molecule has 2 rings (SSSR count). The Hall–Kier alpha value is -1.61. The lowest BCUT2D eigenvalue weighted by Gasteiger charge is -2.11. The van der Waals surface area contributed by atoms with E-state index in [1.54, 1.807) is 4.57 Å². The summed E-state index contributed by atoms with van der Waals surface area (Å²) in [6.07, 6.45) is 4.40. The number of pyridine rings is 1. The highest BCUT2D eigenvalue weighted by Crippen LogP contribution is 2.19. The van der Waals surface area contributed by atoms with E-state index in [0.717, 1.165) is 30.2 Å². The van der Waals surface area contributed by atoms with E-state index in [2.05, 4.69) is 6.92 Å². The number of carbonyl (C=O) groups is 1. The van der Waals surface area contributed by atoms with Gasteiger partial charge in [-0.25, -0.2) is 0 Å². The Balaban J connectivity index is 2.45. The molecule has 0 saturated heterocycles. The Morgan fingerprint density at radius 2 is 1.95 bits per heavy atom. The summed E-state index contributed by atoms with van der Waals surface area (Å²) in [6.45, 7) is 2.83. The smallest absolute Gasteiger partial charge is 0.253 e. The molecule has 1 aromatic carbocycles. The number of hydrogen-bond acceptors (Lipinski definition) is 2. The van der Waals surface area contributed by atoms with Crippen LogP contribution in [0.1, 0.15) is 43.0 Å². The van der Waals surface area contributed by atoms with Crippen molar-refractivity contribution in [2.24, 2.45) is 0 Å². The van der Waals surface area contributed by atoms with Gasteiger partial charge in [-0.05, 0) is 24.1 Å². The fraction of sp³-hybridized carbons (Fsp3) is 0.375. The first-order valence-corrected chi connectivity index (χ1v) is 7.35. The van der Waals surface area contributed by atoms with Gasteiger partial charge in [0, 0.05) is 23.6 Å². The first-order valence-electron chi connectivity index (χ1n) is 6.97. The van der Waals surface area contributed by atoms with Gasteiger partial charge in [-0.2, -0.15) is 0 Å². The lowest BCUT2D eigenvalue weighted by atomic mass is 10.1. The number of carbonyl (C=O) groups excluding carboxylic acids is 1. The van der Waals surface area contributed by atoms with Gasteiger partial charge in [0.05, 0.1) is 5.52 Å². The molecule has 0 saturated carbocycles. The molecule has 4 heteroatoms. The molecule has 2 aromatic rings. The Morgan fingerprint density at radius 3 is 2.65 bits per heavy atom. The lowest BCUT2D eigenvalue weighted by Crippen LogP contribution is -2.21. The van der Waals surface area contributed by atoms with Crippen LogP contribution in [0, 0.1) is 0 Å². The van der Waals surface area contributed by atoms with E-state index >= 15 is 0 Å². The molecule has 0 aliphatic rings. The fourth-order valence-electron chi connectivity index (χ4n) is 2.42. The van der Waals surface area contributed by atoms with E-state index < -0.39 is 5.24 Å². The molecule has 1 heterocycles. The number of rotatable bonds is 6. The molecule has 0 atom stereocenters. The van der Waals surface area contributed by atoms with Crippen LogP contribution in [-0.4, -0.2) is 9.81 Å².